The maximum absolute atomic E-state index is 13.1. The Hall–Kier alpha value is -2.77. The third kappa shape index (κ3) is 4.46. The van der Waals surface area contributed by atoms with Gasteiger partial charge in [0.25, 0.3) is 0 Å². The third-order valence-corrected chi connectivity index (χ3v) is 5.44. The first kappa shape index (κ1) is 19.5. The van der Waals surface area contributed by atoms with E-state index in [4.69, 9.17) is 11.6 Å². The zero-order chi connectivity index (χ0) is 20.4. The molecule has 1 fully saturated rings. The molecule has 0 spiro atoms. The van der Waals surface area contributed by atoms with E-state index in [0.717, 1.165) is 11.1 Å². The number of hydrogen-bond acceptors (Lipinski definition) is 5. The van der Waals surface area contributed by atoms with E-state index in [0.29, 0.717) is 37.0 Å². The van der Waals surface area contributed by atoms with Crippen LogP contribution in [-0.2, 0) is 6.54 Å². The number of piperidine rings is 1. The number of aliphatic hydroxyl groups excluding tert-OH is 1. The average molecular weight is 415 g/mol. The lowest BCUT2D eigenvalue weighted by Crippen LogP contribution is -2.44. The molecule has 150 valence electrons. The molecule has 2 aromatic carbocycles. The summed E-state index contributed by atoms with van der Waals surface area (Å²) in [7, 11) is 0. The van der Waals surface area contributed by atoms with E-state index >= 15 is 0 Å². The van der Waals surface area contributed by atoms with Gasteiger partial charge in [-0.1, -0.05) is 35.9 Å². The normalized spacial score (nSPS) is 19.3. The van der Waals surface area contributed by atoms with E-state index in [9.17, 15) is 14.3 Å². The van der Waals surface area contributed by atoms with Crippen LogP contribution in [0.3, 0.4) is 0 Å². The Morgan fingerprint density at radius 1 is 1.14 bits per heavy atom. The Labute approximate surface area is 172 Å². The number of β-amino-alcohol motifs (C(OH)–C–C–N with tert-alkyl or cyclic N) is 1. The van der Waals surface area contributed by atoms with Crippen molar-refractivity contribution in [1.82, 2.24) is 14.5 Å². The van der Waals surface area contributed by atoms with Crippen LogP contribution in [-0.4, -0.2) is 38.8 Å². The molecule has 29 heavy (non-hydrogen) atoms. The molecule has 1 N–H and O–H groups in total. The summed E-state index contributed by atoms with van der Waals surface area (Å²) in [5, 5.41) is 11.2. The monoisotopic (exact) mass is 414 g/mol. The van der Waals surface area contributed by atoms with Crippen molar-refractivity contribution in [2.24, 2.45) is 0 Å². The van der Waals surface area contributed by atoms with Gasteiger partial charge in [0.1, 0.15) is 12.1 Å². The van der Waals surface area contributed by atoms with Crippen molar-refractivity contribution in [2.75, 3.05) is 18.0 Å². The Balaban J connectivity index is 1.45. The van der Waals surface area contributed by atoms with E-state index in [1.54, 1.807) is 29.2 Å². The van der Waals surface area contributed by atoms with Gasteiger partial charge in [0.15, 0.2) is 0 Å². The van der Waals surface area contributed by atoms with Gasteiger partial charge in [0.2, 0.25) is 5.95 Å². The van der Waals surface area contributed by atoms with Crippen molar-refractivity contribution in [3.63, 3.8) is 0 Å². The number of halogens is 2. The molecule has 1 aliphatic heterocycles. The van der Waals surface area contributed by atoms with Crippen LogP contribution in [0.5, 0.6) is 0 Å². The third-order valence-electron chi connectivity index (χ3n) is 5.18. The lowest BCUT2D eigenvalue weighted by molar-refractivity contribution is 0.129. The van der Waals surface area contributed by atoms with Crippen molar-refractivity contribution in [1.29, 1.82) is 0 Å². The second-order valence-electron chi connectivity index (χ2n) is 7.15. The highest BCUT2D eigenvalue weighted by molar-refractivity contribution is 6.30. The van der Waals surface area contributed by atoms with Crippen LogP contribution < -0.4 is 10.6 Å². The van der Waals surface area contributed by atoms with Crippen LogP contribution in [0.2, 0.25) is 5.02 Å². The van der Waals surface area contributed by atoms with E-state index in [2.05, 4.69) is 9.97 Å². The number of aliphatic hydroxyl groups is 1. The van der Waals surface area contributed by atoms with Crippen molar-refractivity contribution in [3.8, 4) is 0 Å². The minimum Gasteiger partial charge on any atom is -0.391 e. The van der Waals surface area contributed by atoms with Gasteiger partial charge in [-0.25, -0.2) is 14.2 Å². The molecule has 3 aromatic rings. The van der Waals surface area contributed by atoms with Crippen molar-refractivity contribution in [3.05, 3.63) is 87.3 Å². The molecular weight excluding hydrogens is 395 g/mol. The molecule has 0 saturated carbocycles. The Bertz CT molecular complexity index is 1040. The van der Waals surface area contributed by atoms with Gasteiger partial charge in [-0.15, -0.1) is 0 Å². The topological polar surface area (TPSA) is 71.2 Å². The van der Waals surface area contributed by atoms with E-state index in [1.807, 2.05) is 12.1 Å². The van der Waals surface area contributed by atoms with Gasteiger partial charge >= 0.3 is 5.69 Å². The van der Waals surface area contributed by atoms with Gasteiger partial charge < -0.3 is 10.0 Å². The first-order valence-corrected chi connectivity index (χ1v) is 9.74. The maximum Gasteiger partial charge on any atom is 0.352 e. The van der Waals surface area contributed by atoms with Crippen molar-refractivity contribution >= 4 is 17.5 Å². The van der Waals surface area contributed by atoms with Gasteiger partial charge in [-0.2, -0.15) is 4.98 Å². The number of rotatable bonds is 4. The predicted molar refractivity (Wildman–Crippen MR) is 109 cm³/mol. The summed E-state index contributed by atoms with van der Waals surface area (Å²) in [4.78, 5) is 22.6. The van der Waals surface area contributed by atoms with Crippen LogP contribution in [0.25, 0.3) is 0 Å². The fourth-order valence-electron chi connectivity index (χ4n) is 3.61. The number of nitrogens with zero attached hydrogens (tertiary/aromatic N) is 4. The first-order chi connectivity index (χ1) is 14.0. The molecule has 0 amide bonds. The Morgan fingerprint density at radius 2 is 1.86 bits per heavy atom. The van der Waals surface area contributed by atoms with E-state index in [-0.39, 0.29) is 11.7 Å². The van der Waals surface area contributed by atoms with Gasteiger partial charge in [-0.05, 0) is 41.8 Å². The minimum absolute atomic E-state index is 0.0860. The maximum atomic E-state index is 13.1. The van der Waals surface area contributed by atoms with Gasteiger partial charge in [-0.3, -0.25) is 4.57 Å². The van der Waals surface area contributed by atoms with Gasteiger partial charge in [0, 0.05) is 24.0 Å². The Kier molecular flexibility index (Phi) is 5.60. The van der Waals surface area contributed by atoms with E-state index < -0.39 is 11.8 Å². The number of aromatic nitrogens is 3. The lowest BCUT2D eigenvalue weighted by Gasteiger charge is -2.36. The summed E-state index contributed by atoms with van der Waals surface area (Å²) in [5.74, 6) is -0.0793. The highest BCUT2D eigenvalue weighted by Gasteiger charge is 2.30. The molecule has 8 heteroatoms. The minimum atomic E-state index is -0.658. The van der Waals surface area contributed by atoms with Crippen molar-refractivity contribution in [2.45, 2.75) is 25.0 Å². The quantitative estimate of drug-likeness (QED) is 0.710. The molecule has 0 bridgehead atoms. The highest BCUT2D eigenvalue weighted by Crippen LogP contribution is 2.29. The summed E-state index contributed by atoms with van der Waals surface area (Å²) in [6.45, 7) is 1.26. The van der Waals surface area contributed by atoms with Crippen LogP contribution in [0, 0.1) is 5.82 Å². The molecule has 2 heterocycles. The molecular formula is C21H20ClFN4O2. The predicted octanol–water partition coefficient (Wildman–Crippen LogP) is 2.83. The molecule has 0 aliphatic carbocycles. The second kappa shape index (κ2) is 8.31. The summed E-state index contributed by atoms with van der Waals surface area (Å²) < 4.78 is 14.6. The van der Waals surface area contributed by atoms with Crippen molar-refractivity contribution < 1.29 is 9.50 Å². The molecule has 2 unspecified atom stereocenters. The highest BCUT2D eigenvalue weighted by atomic mass is 35.5. The summed E-state index contributed by atoms with van der Waals surface area (Å²) >= 11 is 5.88. The summed E-state index contributed by atoms with van der Waals surface area (Å²) in [5.41, 5.74) is 1.42. The Morgan fingerprint density at radius 3 is 2.52 bits per heavy atom. The fraction of sp³-hybridized carbons (Fsp3) is 0.286. The number of anilines is 1. The van der Waals surface area contributed by atoms with Crippen LogP contribution >= 0.6 is 11.6 Å². The van der Waals surface area contributed by atoms with Crippen LogP contribution in [0.1, 0.15) is 23.5 Å². The zero-order valence-electron chi connectivity index (χ0n) is 15.6. The zero-order valence-corrected chi connectivity index (χ0v) is 16.3. The van der Waals surface area contributed by atoms with Crippen LogP contribution in [0.15, 0.2) is 59.7 Å². The standard InChI is InChI=1S/C21H20ClFN4O2/c22-16-5-1-14(2-6-16)11-27-13-24-20(25-21(27)29)26-10-9-18(19(28)12-26)15-3-7-17(23)8-4-15/h1-8,13,18-19,28H,9-12H2. The lowest BCUT2D eigenvalue weighted by atomic mass is 9.87. The second-order valence-corrected chi connectivity index (χ2v) is 7.59. The molecule has 4 rings (SSSR count). The SMILES string of the molecule is O=c1nc(N2CCC(c3ccc(F)cc3)C(O)C2)ncn1Cc1ccc(Cl)cc1. The molecule has 6 nitrogen and oxygen atoms in total. The number of hydrogen-bond donors (Lipinski definition) is 1. The molecule has 2 atom stereocenters. The average Bonchev–Trinajstić information content (AvgIpc) is 2.72. The summed E-state index contributed by atoms with van der Waals surface area (Å²) in [6, 6.07) is 13.4. The molecule has 0 radical (unpaired) electrons. The molecule has 1 aromatic heterocycles. The van der Waals surface area contributed by atoms with E-state index in [1.165, 1.54) is 23.0 Å². The fourth-order valence-corrected chi connectivity index (χ4v) is 3.73. The molecule has 1 aliphatic rings. The first-order valence-electron chi connectivity index (χ1n) is 9.36. The summed E-state index contributed by atoms with van der Waals surface area (Å²) in [6.07, 6.45) is 1.47. The molecule has 1 saturated heterocycles. The van der Waals surface area contributed by atoms with Crippen LogP contribution in [0.4, 0.5) is 10.3 Å². The number of benzene rings is 2. The smallest absolute Gasteiger partial charge is 0.352 e. The van der Waals surface area contributed by atoms with Gasteiger partial charge in [0.05, 0.1) is 12.6 Å². The largest absolute Gasteiger partial charge is 0.391 e.